The van der Waals surface area contributed by atoms with Gasteiger partial charge in [-0.15, -0.1) is 24.0 Å². The van der Waals surface area contributed by atoms with Crippen molar-refractivity contribution in [2.45, 2.75) is 33.2 Å². The topological polar surface area (TPSA) is 58.8 Å². The Hall–Kier alpha value is -1.28. The highest BCUT2D eigenvalue weighted by molar-refractivity contribution is 14.0. The monoisotopic (exact) mass is 445 g/mol. The average Bonchev–Trinajstić information content (AvgIpc) is 2.90. The van der Waals surface area contributed by atoms with Gasteiger partial charge in [0.1, 0.15) is 11.3 Å². The summed E-state index contributed by atoms with van der Waals surface area (Å²) in [6.45, 7) is 7.22. The Balaban J connectivity index is 0.00000288. The molecule has 0 saturated heterocycles. The van der Waals surface area contributed by atoms with Crippen LogP contribution in [0.25, 0.3) is 11.0 Å². The number of hydrogen-bond acceptors (Lipinski definition) is 3. The number of fused-ring (bicyclic) bond motifs is 1. The Kier molecular flexibility index (Phi) is 9.78. The van der Waals surface area contributed by atoms with E-state index in [1.54, 1.807) is 7.05 Å². The van der Waals surface area contributed by atoms with Gasteiger partial charge in [0, 0.05) is 37.8 Å². The second kappa shape index (κ2) is 11.3. The van der Waals surface area contributed by atoms with Gasteiger partial charge in [-0.1, -0.05) is 18.2 Å². The van der Waals surface area contributed by atoms with Gasteiger partial charge in [0.05, 0.1) is 6.54 Å². The first kappa shape index (κ1) is 20.8. The third kappa shape index (κ3) is 5.98. The maximum Gasteiger partial charge on any atom is 0.191 e. The van der Waals surface area contributed by atoms with Crippen LogP contribution in [0.1, 0.15) is 31.1 Å². The van der Waals surface area contributed by atoms with Crippen molar-refractivity contribution in [1.82, 2.24) is 10.6 Å². The fraction of sp³-hybridized carbons (Fsp3) is 0.500. The van der Waals surface area contributed by atoms with Gasteiger partial charge in [-0.25, -0.2) is 0 Å². The van der Waals surface area contributed by atoms with Gasteiger partial charge in [-0.3, -0.25) is 4.99 Å². The zero-order valence-electron chi connectivity index (χ0n) is 14.7. The van der Waals surface area contributed by atoms with Crippen LogP contribution in [-0.2, 0) is 11.3 Å². The summed E-state index contributed by atoms with van der Waals surface area (Å²) in [4.78, 5) is 4.24. The fourth-order valence-electron chi connectivity index (χ4n) is 2.46. The van der Waals surface area contributed by atoms with Gasteiger partial charge in [0.25, 0.3) is 0 Å². The molecule has 5 nitrogen and oxygen atoms in total. The quantitative estimate of drug-likeness (QED) is 0.281. The van der Waals surface area contributed by atoms with Crippen molar-refractivity contribution < 1.29 is 9.15 Å². The highest BCUT2D eigenvalue weighted by atomic mass is 127. The van der Waals surface area contributed by atoms with E-state index in [-0.39, 0.29) is 24.0 Å². The lowest BCUT2D eigenvalue weighted by atomic mass is 10.1. The molecule has 0 amide bonds. The number of benzene rings is 1. The summed E-state index contributed by atoms with van der Waals surface area (Å²) >= 11 is 0. The molecular weight excluding hydrogens is 417 g/mol. The number of para-hydroxylation sites is 1. The molecule has 0 bridgehead atoms. The molecule has 0 unspecified atom stereocenters. The predicted molar refractivity (Wildman–Crippen MR) is 110 cm³/mol. The Morgan fingerprint density at radius 3 is 2.71 bits per heavy atom. The zero-order chi connectivity index (χ0) is 16.5. The summed E-state index contributed by atoms with van der Waals surface area (Å²) in [6.07, 6.45) is 2.12. The third-order valence-corrected chi connectivity index (χ3v) is 3.79. The molecule has 2 N–H and O–H groups in total. The molecule has 1 heterocycles. The smallest absolute Gasteiger partial charge is 0.191 e. The summed E-state index contributed by atoms with van der Waals surface area (Å²) < 4.78 is 11.2. The van der Waals surface area contributed by atoms with Crippen LogP contribution in [0.2, 0.25) is 0 Å². The van der Waals surface area contributed by atoms with E-state index in [1.807, 2.05) is 25.1 Å². The van der Waals surface area contributed by atoms with Crippen LogP contribution in [-0.4, -0.2) is 32.8 Å². The van der Waals surface area contributed by atoms with Crippen molar-refractivity contribution in [3.8, 4) is 0 Å². The van der Waals surface area contributed by atoms with E-state index in [4.69, 9.17) is 9.15 Å². The van der Waals surface area contributed by atoms with Crippen molar-refractivity contribution in [3.63, 3.8) is 0 Å². The Morgan fingerprint density at radius 1 is 1.21 bits per heavy atom. The number of halogens is 1. The van der Waals surface area contributed by atoms with Crippen LogP contribution in [0.3, 0.4) is 0 Å². The number of furan rings is 1. The average molecular weight is 445 g/mol. The van der Waals surface area contributed by atoms with E-state index in [9.17, 15) is 0 Å². The summed E-state index contributed by atoms with van der Waals surface area (Å²) in [6, 6.07) is 8.11. The van der Waals surface area contributed by atoms with E-state index >= 15 is 0 Å². The number of guanidine groups is 1. The van der Waals surface area contributed by atoms with Crippen molar-refractivity contribution in [3.05, 3.63) is 35.6 Å². The number of unbranched alkanes of at least 4 members (excludes halogenated alkanes) is 1. The molecule has 0 aliphatic carbocycles. The van der Waals surface area contributed by atoms with Crippen molar-refractivity contribution >= 4 is 40.9 Å². The molecule has 0 saturated carbocycles. The summed E-state index contributed by atoms with van der Waals surface area (Å²) in [7, 11) is 1.78. The number of nitrogens with one attached hydrogen (secondary N) is 2. The minimum Gasteiger partial charge on any atom is -0.459 e. The minimum absolute atomic E-state index is 0. The Morgan fingerprint density at radius 2 is 2.00 bits per heavy atom. The number of rotatable bonds is 8. The molecule has 1 aromatic carbocycles. The predicted octanol–water partition coefficient (Wildman–Crippen LogP) is 3.84. The van der Waals surface area contributed by atoms with Crippen LogP contribution in [0.15, 0.2) is 33.7 Å². The first-order chi connectivity index (χ1) is 11.3. The van der Waals surface area contributed by atoms with Crippen molar-refractivity contribution in [1.29, 1.82) is 0 Å². The molecule has 2 rings (SSSR count). The second-order valence-electron chi connectivity index (χ2n) is 5.40. The van der Waals surface area contributed by atoms with Gasteiger partial charge < -0.3 is 19.8 Å². The molecule has 134 valence electrons. The molecule has 1 aromatic heterocycles. The van der Waals surface area contributed by atoms with Gasteiger partial charge >= 0.3 is 0 Å². The molecular formula is C18H28IN3O2. The van der Waals surface area contributed by atoms with E-state index in [0.29, 0.717) is 6.54 Å². The first-order valence-electron chi connectivity index (χ1n) is 8.25. The lowest BCUT2D eigenvalue weighted by Gasteiger charge is -2.11. The second-order valence-corrected chi connectivity index (χ2v) is 5.40. The SMILES string of the molecule is CCOCCCCNC(=NC)NCc1oc2ccccc2c1C.I. The molecule has 0 aliphatic rings. The minimum atomic E-state index is 0. The molecule has 0 atom stereocenters. The largest absolute Gasteiger partial charge is 0.459 e. The highest BCUT2D eigenvalue weighted by Gasteiger charge is 2.10. The van der Waals surface area contributed by atoms with Crippen LogP contribution < -0.4 is 10.6 Å². The summed E-state index contributed by atoms with van der Waals surface area (Å²) in [5.41, 5.74) is 2.11. The number of aryl methyl sites for hydroxylation is 1. The molecule has 0 radical (unpaired) electrons. The number of hydrogen-bond donors (Lipinski definition) is 2. The Bertz CT molecular complexity index is 640. The van der Waals surface area contributed by atoms with E-state index < -0.39 is 0 Å². The van der Waals surface area contributed by atoms with Crippen LogP contribution in [0.4, 0.5) is 0 Å². The number of aliphatic imine (C=N–C) groups is 1. The lowest BCUT2D eigenvalue weighted by Crippen LogP contribution is -2.37. The zero-order valence-corrected chi connectivity index (χ0v) is 17.1. The van der Waals surface area contributed by atoms with E-state index in [0.717, 1.165) is 49.9 Å². The normalized spacial score (nSPS) is 11.4. The maximum atomic E-state index is 5.90. The molecule has 6 heteroatoms. The van der Waals surface area contributed by atoms with E-state index in [1.165, 1.54) is 10.9 Å². The van der Waals surface area contributed by atoms with Gasteiger partial charge in [0.15, 0.2) is 5.96 Å². The summed E-state index contributed by atoms with van der Waals surface area (Å²) in [5, 5.41) is 7.78. The van der Waals surface area contributed by atoms with Crippen LogP contribution in [0, 0.1) is 6.92 Å². The summed E-state index contributed by atoms with van der Waals surface area (Å²) in [5.74, 6) is 1.74. The van der Waals surface area contributed by atoms with Crippen molar-refractivity contribution in [2.24, 2.45) is 4.99 Å². The third-order valence-electron chi connectivity index (χ3n) is 3.79. The first-order valence-corrected chi connectivity index (χ1v) is 8.25. The standard InChI is InChI=1S/C18H27N3O2.HI/c1-4-22-12-8-7-11-20-18(19-3)21-13-17-14(2)15-9-5-6-10-16(15)23-17;/h5-6,9-10H,4,7-8,11-13H2,1-3H3,(H2,19,20,21);1H. The Labute approximate surface area is 161 Å². The van der Waals surface area contributed by atoms with Gasteiger partial charge in [-0.2, -0.15) is 0 Å². The van der Waals surface area contributed by atoms with Gasteiger partial charge in [-0.05, 0) is 32.8 Å². The van der Waals surface area contributed by atoms with Crippen LogP contribution in [0.5, 0.6) is 0 Å². The van der Waals surface area contributed by atoms with Gasteiger partial charge in [0.2, 0.25) is 0 Å². The molecule has 2 aromatic rings. The molecule has 24 heavy (non-hydrogen) atoms. The lowest BCUT2D eigenvalue weighted by molar-refractivity contribution is 0.143. The number of ether oxygens (including phenoxy) is 1. The fourth-order valence-corrected chi connectivity index (χ4v) is 2.46. The maximum absolute atomic E-state index is 5.90. The highest BCUT2D eigenvalue weighted by Crippen LogP contribution is 2.24. The van der Waals surface area contributed by atoms with Crippen molar-refractivity contribution in [2.75, 3.05) is 26.8 Å². The molecule has 0 aliphatic heterocycles. The van der Waals surface area contributed by atoms with Crippen LogP contribution >= 0.6 is 24.0 Å². The molecule has 0 fully saturated rings. The van der Waals surface area contributed by atoms with E-state index in [2.05, 4.69) is 28.6 Å². The number of nitrogens with zero attached hydrogens (tertiary/aromatic N) is 1. The molecule has 0 spiro atoms.